The highest BCUT2D eigenvalue weighted by Crippen LogP contribution is 2.21. The Labute approximate surface area is 123 Å². The summed E-state index contributed by atoms with van der Waals surface area (Å²) in [4.78, 5) is 12.3. The van der Waals surface area contributed by atoms with E-state index in [1.165, 1.54) is 32.1 Å². The molecule has 0 aromatic heterocycles. The average Bonchev–Trinajstić information content (AvgIpc) is 2.47. The SMILES string of the molecule is CCCCCCCCCC(=O)C(C)(N)c1ccccc1. The highest BCUT2D eigenvalue weighted by atomic mass is 16.1. The van der Waals surface area contributed by atoms with Crippen LogP contribution in [-0.4, -0.2) is 5.78 Å². The molecule has 0 heterocycles. The summed E-state index contributed by atoms with van der Waals surface area (Å²) in [5.41, 5.74) is 6.28. The quantitative estimate of drug-likeness (QED) is 0.636. The Kier molecular flexibility index (Phi) is 7.53. The highest BCUT2D eigenvalue weighted by Gasteiger charge is 2.29. The van der Waals surface area contributed by atoms with Crippen LogP contribution in [0, 0.1) is 0 Å². The van der Waals surface area contributed by atoms with Crippen LogP contribution >= 0.6 is 0 Å². The second-order valence-corrected chi connectivity index (χ2v) is 5.86. The van der Waals surface area contributed by atoms with E-state index in [1.54, 1.807) is 0 Å². The predicted octanol–water partition coefficient (Wildman–Crippen LogP) is 4.57. The van der Waals surface area contributed by atoms with Crippen LogP contribution in [0.5, 0.6) is 0 Å². The van der Waals surface area contributed by atoms with Crippen molar-refractivity contribution in [2.75, 3.05) is 0 Å². The molecule has 112 valence electrons. The van der Waals surface area contributed by atoms with E-state index in [2.05, 4.69) is 6.92 Å². The molecule has 1 rings (SSSR count). The first-order valence-corrected chi connectivity index (χ1v) is 7.96. The Balaban J connectivity index is 2.28. The second kappa shape index (κ2) is 8.91. The molecule has 0 saturated carbocycles. The van der Waals surface area contributed by atoms with Crippen molar-refractivity contribution in [3.63, 3.8) is 0 Å². The fourth-order valence-corrected chi connectivity index (χ4v) is 2.45. The molecule has 2 heteroatoms. The van der Waals surface area contributed by atoms with Gasteiger partial charge in [0, 0.05) is 6.42 Å². The van der Waals surface area contributed by atoms with Gasteiger partial charge in [0.1, 0.15) is 0 Å². The highest BCUT2D eigenvalue weighted by molar-refractivity contribution is 5.88. The van der Waals surface area contributed by atoms with Crippen LogP contribution in [0.15, 0.2) is 30.3 Å². The third-order valence-electron chi connectivity index (χ3n) is 3.96. The van der Waals surface area contributed by atoms with Crippen molar-refractivity contribution >= 4 is 5.78 Å². The lowest BCUT2D eigenvalue weighted by molar-refractivity contribution is -0.124. The third-order valence-corrected chi connectivity index (χ3v) is 3.96. The van der Waals surface area contributed by atoms with Crippen molar-refractivity contribution in [3.05, 3.63) is 35.9 Å². The Morgan fingerprint density at radius 1 is 1.00 bits per heavy atom. The van der Waals surface area contributed by atoms with E-state index in [-0.39, 0.29) is 5.78 Å². The minimum absolute atomic E-state index is 0.150. The summed E-state index contributed by atoms with van der Waals surface area (Å²) in [6, 6.07) is 9.68. The molecule has 1 aromatic carbocycles. The maximum absolute atomic E-state index is 12.3. The first-order valence-electron chi connectivity index (χ1n) is 7.96. The molecular formula is C18H29NO. The topological polar surface area (TPSA) is 43.1 Å². The molecule has 1 atom stereocenters. The molecule has 0 amide bonds. The maximum Gasteiger partial charge on any atom is 0.156 e. The number of carbonyl (C=O) groups is 1. The van der Waals surface area contributed by atoms with E-state index in [9.17, 15) is 4.79 Å². The maximum atomic E-state index is 12.3. The number of benzene rings is 1. The molecule has 1 aromatic rings. The fraction of sp³-hybridized carbons (Fsp3) is 0.611. The minimum atomic E-state index is -0.844. The first-order chi connectivity index (χ1) is 9.59. The molecule has 0 aliphatic heterocycles. The number of hydrogen-bond donors (Lipinski definition) is 1. The number of unbranched alkanes of at least 4 members (excludes halogenated alkanes) is 6. The number of nitrogens with two attached hydrogens (primary N) is 1. The van der Waals surface area contributed by atoms with Crippen LogP contribution in [0.3, 0.4) is 0 Å². The standard InChI is InChI=1S/C18H29NO/c1-3-4-5-6-7-8-12-15-17(20)18(2,19)16-13-10-9-11-14-16/h9-11,13-14H,3-8,12,15,19H2,1-2H3. The number of Topliss-reactive ketones (excluding diaryl/α,β-unsaturated/α-hetero) is 1. The number of rotatable bonds is 10. The first kappa shape index (κ1) is 16.9. The second-order valence-electron chi connectivity index (χ2n) is 5.86. The van der Waals surface area contributed by atoms with E-state index in [0.717, 1.165) is 18.4 Å². The smallest absolute Gasteiger partial charge is 0.156 e. The van der Waals surface area contributed by atoms with Crippen molar-refractivity contribution in [1.29, 1.82) is 0 Å². The normalized spacial score (nSPS) is 13.9. The van der Waals surface area contributed by atoms with Gasteiger partial charge in [-0.25, -0.2) is 0 Å². The van der Waals surface area contributed by atoms with Gasteiger partial charge in [-0.05, 0) is 18.9 Å². The Hall–Kier alpha value is -1.15. The summed E-state index contributed by atoms with van der Waals surface area (Å²) in [5.74, 6) is 0.150. The van der Waals surface area contributed by atoms with Crippen LogP contribution in [0.25, 0.3) is 0 Å². The molecular weight excluding hydrogens is 246 g/mol. The number of carbonyl (C=O) groups excluding carboxylic acids is 1. The van der Waals surface area contributed by atoms with Gasteiger partial charge in [-0.2, -0.15) is 0 Å². The minimum Gasteiger partial charge on any atom is -0.315 e. The van der Waals surface area contributed by atoms with Gasteiger partial charge in [0.25, 0.3) is 0 Å². The van der Waals surface area contributed by atoms with Gasteiger partial charge in [-0.15, -0.1) is 0 Å². The van der Waals surface area contributed by atoms with Gasteiger partial charge in [0.05, 0.1) is 5.54 Å². The molecule has 0 aliphatic rings. The lowest BCUT2D eigenvalue weighted by Gasteiger charge is -2.23. The number of hydrogen-bond acceptors (Lipinski definition) is 2. The molecule has 2 N–H and O–H groups in total. The summed E-state index contributed by atoms with van der Waals surface area (Å²) in [5, 5.41) is 0. The third kappa shape index (κ3) is 5.46. The van der Waals surface area contributed by atoms with Crippen molar-refractivity contribution in [1.82, 2.24) is 0 Å². The zero-order valence-corrected chi connectivity index (χ0v) is 13.0. The molecule has 0 spiro atoms. The van der Waals surface area contributed by atoms with Crippen LogP contribution in [-0.2, 0) is 10.3 Å². The summed E-state index contributed by atoms with van der Waals surface area (Å²) >= 11 is 0. The average molecular weight is 275 g/mol. The lowest BCUT2D eigenvalue weighted by atomic mass is 9.86. The Morgan fingerprint density at radius 2 is 1.55 bits per heavy atom. The molecule has 0 saturated heterocycles. The number of ketones is 1. The van der Waals surface area contributed by atoms with Crippen molar-refractivity contribution in [2.24, 2.45) is 5.73 Å². The summed E-state index contributed by atoms with van der Waals surface area (Å²) in [6.07, 6.45) is 9.15. The molecule has 0 radical (unpaired) electrons. The van der Waals surface area contributed by atoms with Crippen LogP contribution < -0.4 is 5.73 Å². The predicted molar refractivity (Wildman–Crippen MR) is 85.6 cm³/mol. The largest absolute Gasteiger partial charge is 0.315 e. The Bertz CT molecular complexity index is 384. The van der Waals surface area contributed by atoms with Gasteiger partial charge in [-0.1, -0.05) is 75.8 Å². The van der Waals surface area contributed by atoms with Gasteiger partial charge in [0.15, 0.2) is 5.78 Å². The molecule has 20 heavy (non-hydrogen) atoms. The van der Waals surface area contributed by atoms with Crippen LogP contribution in [0.1, 0.15) is 70.8 Å². The lowest BCUT2D eigenvalue weighted by Crippen LogP contribution is -2.41. The van der Waals surface area contributed by atoms with E-state index < -0.39 is 5.54 Å². The van der Waals surface area contributed by atoms with Gasteiger partial charge in [-0.3, -0.25) is 4.79 Å². The molecule has 0 fully saturated rings. The fourth-order valence-electron chi connectivity index (χ4n) is 2.45. The van der Waals surface area contributed by atoms with Gasteiger partial charge >= 0.3 is 0 Å². The molecule has 0 bridgehead atoms. The molecule has 2 nitrogen and oxygen atoms in total. The monoisotopic (exact) mass is 275 g/mol. The van der Waals surface area contributed by atoms with Crippen molar-refractivity contribution in [2.45, 2.75) is 70.8 Å². The van der Waals surface area contributed by atoms with Crippen molar-refractivity contribution in [3.8, 4) is 0 Å². The van der Waals surface area contributed by atoms with E-state index >= 15 is 0 Å². The van der Waals surface area contributed by atoms with Crippen LogP contribution in [0.2, 0.25) is 0 Å². The van der Waals surface area contributed by atoms with E-state index in [1.807, 2.05) is 37.3 Å². The summed E-state index contributed by atoms with van der Waals surface area (Å²) < 4.78 is 0. The van der Waals surface area contributed by atoms with E-state index in [0.29, 0.717) is 6.42 Å². The molecule has 1 unspecified atom stereocenters. The van der Waals surface area contributed by atoms with Crippen LogP contribution in [0.4, 0.5) is 0 Å². The zero-order chi connectivity index (χ0) is 14.8. The van der Waals surface area contributed by atoms with Gasteiger partial charge < -0.3 is 5.73 Å². The zero-order valence-electron chi connectivity index (χ0n) is 13.0. The molecule has 0 aliphatic carbocycles. The Morgan fingerprint density at radius 3 is 2.15 bits per heavy atom. The van der Waals surface area contributed by atoms with E-state index in [4.69, 9.17) is 5.73 Å². The summed E-state index contributed by atoms with van der Waals surface area (Å²) in [7, 11) is 0. The van der Waals surface area contributed by atoms with Gasteiger partial charge in [0.2, 0.25) is 0 Å². The summed E-state index contributed by atoms with van der Waals surface area (Å²) in [6.45, 7) is 4.05. The van der Waals surface area contributed by atoms with Crippen molar-refractivity contribution < 1.29 is 4.79 Å².